The summed E-state index contributed by atoms with van der Waals surface area (Å²) >= 11 is 0. The number of allylic oxidation sites excluding steroid dienone is 11. The molecule has 2 aliphatic carbocycles. The number of carbonyl (C=O) groups excluding carboxylic acids is 8. The quantitative estimate of drug-likeness (QED) is 0.0617. The van der Waals surface area contributed by atoms with Gasteiger partial charge in [-0.3, -0.25) is 38.4 Å². The highest BCUT2D eigenvalue weighted by molar-refractivity contribution is 7.95. The minimum atomic E-state index is -3.26. The Morgan fingerprint density at radius 2 is 0.831 bits per heavy atom. The van der Waals surface area contributed by atoms with Gasteiger partial charge in [-0.15, -0.1) is 12.8 Å². The molecule has 0 saturated heterocycles. The Balaban J connectivity index is -0.000000143. The molecule has 2 aliphatic rings. The van der Waals surface area contributed by atoms with E-state index < -0.39 is 30.1 Å². The molecule has 0 atom stereocenters. The van der Waals surface area contributed by atoms with E-state index in [0.717, 1.165) is 49.7 Å². The van der Waals surface area contributed by atoms with Gasteiger partial charge in [0.05, 0.1) is 4.75 Å². The van der Waals surface area contributed by atoms with E-state index in [4.69, 9.17) is 12.8 Å². The molecule has 2 rings (SSSR count). The van der Waals surface area contributed by atoms with Crippen LogP contribution in [0.1, 0.15) is 340 Å². The van der Waals surface area contributed by atoms with Crippen LogP contribution in [-0.4, -0.2) is 147 Å². The Kier molecular flexibility index (Phi) is 71.4. The van der Waals surface area contributed by atoms with Crippen LogP contribution in [0.3, 0.4) is 0 Å². The minimum Gasteiger partial charge on any atom is -0.348 e. The van der Waals surface area contributed by atoms with Crippen molar-refractivity contribution in [2.24, 2.45) is 43.3 Å². The van der Waals surface area contributed by atoms with Crippen LogP contribution in [0.4, 0.5) is 0 Å². The molecule has 2 amide bonds. The Labute approximate surface area is 765 Å². The number of sulfonamides is 1. The first-order valence-electron chi connectivity index (χ1n) is 43.3. The van der Waals surface area contributed by atoms with Crippen LogP contribution < -0.4 is 10.0 Å². The Morgan fingerprint density at radius 3 is 1.02 bits per heavy atom. The van der Waals surface area contributed by atoms with Gasteiger partial charge < -0.3 is 20.0 Å². The number of Topliss-reactive ketones (excluding diaryl/α,β-unsaturated/α-hetero) is 2. The normalized spacial score (nSPS) is 13.1. The van der Waals surface area contributed by atoms with Crippen molar-refractivity contribution in [1.29, 1.82) is 0 Å². The summed E-state index contributed by atoms with van der Waals surface area (Å²) in [4.78, 5) is 93.7. The monoisotopic (exact) mass is 1770 g/mol. The van der Waals surface area contributed by atoms with Crippen LogP contribution in [-0.2, 0) is 58.2 Å². The zero-order valence-electron chi connectivity index (χ0n) is 87.3. The lowest BCUT2D eigenvalue weighted by atomic mass is 9.79. The van der Waals surface area contributed by atoms with Gasteiger partial charge in [0.2, 0.25) is 33.4 Å². The number of amides is 2. The summed E-state index contributed by atoms with van der Waals surface area (Å²) in [6.07, 6.45) is 42.5. The summed E-state index contributed by atoms with van der Waals surface area (Å²) in [5, 5.41) is 4.61. The molecule has 716 valence electrons. The fraction of sp³-hybridized carbons (Fsp3) is 0.657. The molecular formula is C105H187N5O12S2. The van der Waals surface area contributed by atoms with E-state index in [9.17, 15) is 55.2 Å². The lowest BCUT2D eigenvalue weighted by molar-refractivity contribution is -0.130. The number of unbranched alkanes of at least 4 members (excludes halogenated alkanes) is 1. The number of hydrogen-bond acceptors (Lipinski definition) is 14. The molecule has 0 aromatic heterocycles. The van der Waals surface area contributed by atoms with Crippen LogP contribution in [0.5, 0.6) is 0 Å². The highest BCUT2D eigenvalue weighted by Crippen LogP contribution is 2.36. The third-order valence-electron chi connectivity index (χ3n) is 16.1. The van der Waals surface area contributed by atoms with Crippen LogP contribution >= 0.6 is 0 Å². The van der Waals surface area contributed by atoms with Crippen molar-refractivity contribution in [3.63, 3.8) is 0 Å². The molecule has 0 saturated carbocycles. The second-order valence-corrected chi connectivity index (χ2v) is 47.8. The summed E-state index contributed by atoms with van der Waals surface area (Å²) in [5.74, 6) is 4.50. The molecule has 19 heteroatoms. The smallest absolute Gasteiger partial charge is 0.246 e. The topological polar surface area (TPSA) is 239 Å². The van der Waals surface area contributed by atoms with E-state index in [-0.39, 0.29) is 101 Å². The van der Waals surface area contributed by atoms with Gasteiger partial charge in [-0.05, 0) is 261 Å². The lowest BCUT2D eigenvalue weighted by Gasteiger charge is -2.34. The van der Waals surface area contributed by atoms with Gasteiger partial charge in [-0.1, -0.05) is 263 Å². The number of nitrogens with zero attached hydrogens (tertiary/aromatic N) is 3. The fourth-order valence-corrected chi connectivity index (χ4v) is 9.97. The maximum atomic E-state index is 11.4. The molecule has 2 N–H and O–H groups in total. The molecule has 0 aromatic carbocycles. The Morgan fingerprint density at radius 1 is 0.452 bits per heavy atom. The number of nitrogens with one attached hydrogen (secondary N) is 2. The van der Waals surface area contributed by atoms with Crippen molar-refractivity contribution in [3.8, 4) is 24.7 Å². The molecule has 0 fully saturated rings. The van der Waals surface area contributed by atoms with Crippen LogP contribution in [0.15, 0.2) is 146 Å². The molecule has 0 aromatic rings. The fourth-order valence-electron chi connectivity index (χ4n) is 8.53. The van der Waals surface area contributed by atoms with Crippen LogP contribution in [0.2, 0.25) is 0 Å². The number of terminal acetylenes is 2. The van der Waals surface area contributed by atoms with Gasteiger partial charge in [0.25, 0.3) is 0 Å². The third kappa shape index (κ3) is 91.0. The van der Waals surface area contributed by atoms with Gasteiger partial charge in [0.15, 0.2) is 33.0 Å². The minimum absolute atomic E-state index is 0.0179. The van der Waals surface area contributed by atoms with E-state index in [1.54, 1.807) is 80.5 Å². The molecule has 17 nitrogen and oxygen atoms in total. The number of likely N-dealkylation sites (N-methyl/N-ethyl adjacent to an activating group) is 2. The van der Waals surface area contributed by atoms with E-state index in [1.807, 2.05) is 186 Å². The summed E-state index contributed by atoms with van der Waals surface area (Å²) in [6.45, 7) is 102. The lowest BCUT2D eigenvalue weighted by Crippen LogP contribution is -2.45. The average Bonchev–Trinajstić information content (AvgIpc) is 0.907. The van der Waals surface area contributed by atoms with Gasteiger partial charge >= 0.3 is 0 Å². The zero-order valence-corrected chi connectivity index (χ0v) is 88.9. The van der Waals surface area contributed by atoms with E-state index in [0.29, 0.717) is 12.8 Å². The van der Waals surface area contributed by atoms with Crippen LogP contribution in [0.25, 0.3) is 0 Å². The maximum Gasteiger partial charge on any atom is 0.246 e. The van der Waals surface area contributed by atoms with Crippen molar-refractivity contribution in [2.45, 2.75) is 362 Å². The first kappa shape index (κ1) is 137. The second kappa shape index (κ2) is 64.5. The molecule has 0 radical (unpaired) electrons. The summed E-state index contributed by atoms with van der Waals surface area (Å²) in [5.41, 5.74) is 4.56. The number of sulfone groups is 1. The predicted octanol–water partition coefficient (Wildman–Crippen LogP) is 24.7. The average molecular weight is 1780 g/mol. The van der Waals surface area contributed by atoms with Crippen molar-refractivity contribution < 1.29 is 55.2 Å². The molecule has 0 bridgehead atoms. The SMILES string of the molecule is C#CC(=O)C(C)(C)C.C#CC(=O)CC(C)(C)C.C=C(C1=CCCC1)C(C)(C)C.C=C(C1=CCCCC1)C(C)(C)C.C=CC(=O)C(C)(C)C.C=CC(=O)N(CCC)C(C)(C)C.C=CC(=O)NC(C)(C)C.C=CS(=O)(=O)C(C)(C)C.C=CS(=O)(=O)NC(C)(C)C.CCC/C=C/C(=O)C(C)(C)C.CN(C)C/C=C/C(=O)C(C)(C)C.CN(C)C/C=C/C(=O)CC(C)(C)C. The van der Waals surface area contributed by atoms with E-state index in [1.165, 1.54) is 85.5 Å². The molecular weight excluding hydrogens is 1590 g/mol. The molecule has 0 spiro atoms. The molecule has 124 heavy (non-hydrogen) atoms. The number of ketones is 6. The van der Waals surface area contributed by atoms with Crippen molar-refractivity contribution >= 4 is 66.4 Å². The van der Waals surface area contributed by atoms with Gasteiger partial charge in [-0.25, -0.2) is 21.6 Å². The van der Waals surface area contributed by atoms with Crippen molar-refractivity contribution in [3.05, 3.63) is 146 Å². The Hall–Kier alpha value is -7.26. The highest BCUT2D eigenvalue weighted by Gasteiger charge is 2.27. The number of rotatable bonds is 21. The second-order valence-electron chi connectivity index (χ2n) is 43.5. The molecule has 0 aliphatic heterocycles. The standard InChI is InChI=1S/C12H20.C11H21NO.C11H18.2C10H19NO.C10H18O.C8H12O.C7H13NO.C7H12O.C7H10O.C6H13NO2S.C6H12O2S/c1-10(12(2,3)4)11-8-6-5-7-9-11;1-11(2,3)9-10(13)7-6-8-12(4)5;1-9(11(2,3)4)10-7-5-6-8-10;1-10(2,3)9(12)7-6-8-11(4)5;1-6-8-11(9(12)7-2)10(3,4)5;1-5-6-7-8-9(11)10(2,3)4;1-5-7(9)6-8(2,3)4;1-5-6(9)8-7(2,3)4;2*1-5-6(8)7(2,3)4;1-5-10(8,9)7-6(2,3)4;1-5-9(7,8)6(2,3)4/h8H,1,5-7,9H2,2-4H3;6-7H,8-9H2,1-5H3;7H,1,5-6,8H2,2-4H3;6-7H,8H2,1-5H3;7H,2,6,8H2,1,3-5H3;7-8H,5-6H2,1-4H3;1H,6H2,2-4H3;5H,1H2,2-4H3,(H,8,9);5H,1H2,2-4H3;1H,2-4H3;5,7H,1H2,2-4H3;5H,1H2,2-4H3/b;7-6+;;7-6+;;8-7+;;;;;;. The van der Waals surface area contributed by atoms with E-state index >= 15 is 0 Å². The molecule has 0 heterocycles. The Bertz CT molecular complexity index is 3750. The predicted molar refractivity (Wildman–Crippen MR) is 540 cm³/mol. The van der Waals surface area contributed by atoms with Gasteiger partial charge in [-0.2, -0.15) is 0 Å². The summed E-state index contributed by atoms with van der Waals surface area (Å²) in [7, 11) is 1.59. The van der Waals surface area contributed by atoms with Crippen molar-refractivity contribution in [2.75, 3.05) is 47.8 Å². The van der Waals surface area contributed by atoms with Crippen molar-refractivity contribution in [1.82, 2.24) is 24.7 Å². The van der Waals surface area contributed by atoms with Crippen LogP contribution in [0, 0.1) is 68.0 Å². The highest BCUT2D eigenvalue weighted by atomic mass is 32.2. The largest absolute Gasteiger partial charge is 0.348 e. The maximum absolute atomic E-state index is 11.4. The third-order valence-corrected chi connectivity index (χ3v) is 19.5. The first-order valence-corrected chi connectivity index (χ1v) is 46.4. The van der Waals surface area contributed by atoms with E-state index in [2.05, 4.69) is 156 Å². The van der Waals surface area contributed by atoms with Gasteiger partial charge in [0.1, 0.15) is 0 Å². The molecule has 0 unspecified atom stereocenters. The van der Waals surface area contributed by atoms with Gasteiger partial charge in [0, 0.05) is 81.6 Å². The number of carbonyl (C=O) groups is 8. The first-order chi connectivity index (χ1) is 55.0. The number of hydrogen-bond donors (Lipinski definition) is 2. The zero-order chi connectivity index (χ0) is 101. The summed E-state index contributed by atoms with van der Waals surface area (Å²) < 4.78 is 45.1. The summed E-state index contributed by atoms with van der Waals surface area (Å²) in [6, 6.07) is 0.